The lowest BCUT2D eigenvalue weighted by Gasteiger charge is -2.26. The fraction of sp³-hybridized carbons (Fsp3) is 0.750. The minimum atomic E-state index is -0.535. The highest BCUT2D eigenvalue weighted by molar-refractivity contribution is 5.97. The van der Waals surface area contributed by atoms with Gasteiger partial charge in [0.1, 0.15) is 0 Å². The van der Waals surface area contributed by atoms with Crippen LogP contribution < -0.4 is 16.0 Å². The molecule has 112 valence electrons. The van der Waals surface area contributed by atoms with Crippen LogP contribution in [0.15, 0.2) is 0 Å². The number of imide groups is 1. The Morgan fingerprint density at radius 2 is 2.10 bits per heavy atom. The molecule has 2 heterocycles. The number of ether oxygens (including phenoxy) is 1. The van der Waals surface area contributed by atoms with Crippen molar-refractivity contribution in [1.29, 1.82) is 0 Å². The number of nitrogens with zero attached hydrogens (tertiary/aromatic N) is 1. The zero-order chi connectivity index (χ0) is 14.4. The molecule has 0 aromatic carbocycles. The minimum absolute atomic E-state index is 0.127. The Balaban J connectivity index is 1.62. The van der Waals surface area contributed by atoms with Crippen molar-refractivity contribution in [3.63, 3.8) is 0 Å². The molecule has 2 rings (SSSR count). The topological polar surface area (TPSA) is 99.8 Å². The van der Waals surface area contributed by atoms with Crippen LogP contribution in [0.4, 0.5) is 4.79 Å². The largest absolute Gasteiger partial charge is 0.379 e. The molecule has 2 saturated heterocycles. The van der Waals surface area contributed by atoms with E-state index in [1.54, 1.807) is 0 Å². The minimum Gasteiger partial charge on any atom is -0.379 e. The van der Waals surface area contributed by atoms with Crippen LogP contribution in [0.25, 0.3) is 0 Å². The normalized spacial score (nSPS) is 23.9. The van der Waals surface area contributed by atoms with Gasteiger partial charge in [0.25, 0.3) is 0 Å². The summed E-state index contributed by atoms with van der Waals surface area (Å²) in [4.78, 5) is 36.2. The Labute approximate surface area is 117 Å². The Bertz CT molecular complexity index is 366. The average Bonchev–Trinajstić information content (AvgIpc) is 2.38. The second-order valence-corrected chi connectivity index (χ2v) is 4.93. The van der Waals surface area contributed by atoms with Gasteiger partial charge in [-0.25, -0.2) is 4.79 Å². The molecule has 1 atom stereocenters. The third-order valence-corrected chi connectivity index (χ3v) is 3.31. The van der Waals surface area contributed by atoms with Crippen LogP contribution in [0.2, 0.25) is 0 Å². The van der Waals surface area contributed by atoms with E-state index in [0.717, 1.165) is 32.8 Å². The molecular formula is C12H20N4O4. The van der Waals surface area contributed by atoms with Crippen LogP contribution in [-0.4, -0.2) is 68.2 Å². The van der Waals surface area contributed by atoms with E-state index >= 15 is 0 Å². The van der Waals surface area contributed by atoms with Crippen molar-refractivity contribution in [1.82, 2.24) is 20.9 Å². The van der Waals surface area contributed by atoms with Crippen LogP contribution in [0.5, 0.6) is 0 Å². The maximum absolute atomic E-state index is 11.7. The van der Waals surface area contributed by atoms with Crippen molar-refractivity contribution < 1.29 is 19.1 Å². The first-order chi connectivity index (χ1) is 9.63. The molecule has 8 nitrogen and oxygen atoms in total. The van der Waals surface area contributed by atoms with E-state index in [1.165, 1.54) is 0 Å². The molecule has 1 unspecified atom stereocenters. The average molecular weight is 284 g/mol. The number of carbonyl (C=O) groups excluding carboxylic acids is 3. The van der Waals surface area contributed by atoms with Crippen molar-refractivity contribution in [3.8, 4) is 0 Å². The highest BCUT2D eigenvalue weighted by Gasteiger charge is 2.25. The number of morpholine rings is 1. The highest BCUT2D eigenvalue weighted by atomic mass is 16.5. The van der Waals surface area contributed by atoms with Crippen LogP contribution >= 0.6 is 0 Å². The molecule has 2 aliphatic rings. The number of urea groups is 1. The molecule has 2 aliphatic heterocycles. The van der Waals surface area contributed by atoms with Crippen LogP contribution in [0.1, 0.15) is 12.8 Å². The molecule has 0 radical (unpaired) electrons. The van der Waals surface area contributed by atoms with Crippen molar-refractivity contribution in [2.45, 2.75) is 18.9 Å². The predicted octanol–water partition coefficient (Wildman–Crippen LogP) is -1.58. The van der Waals surface area contributed by atoms with Crippen molar-refractivity contribution in [3.05, 3.63) is 0 Å². The van der Waals surface area contributed by atoms with E-state index in [2.05, 4.69) is 20.9 Å². The Hall–Kier alpha value is -1.67. The van der Waals surface area contributed by atoms with Gasteiger partial charge < -0.3 is 15.4 Å². The smallest absolute Gasteiger partial charge is 0.321 e. The zero-order valence-electron chi connectivity index (χ0n) is 11.3. The molecule has 20 heavy (non-hydrogen) atoms. The summed E-state index contributed by atoms with van der Waals surface area (Å²) in [5.41, 5.74) is 0. The van der Waals surface area contributed by atoms with E-state index in [4.69, 9.17) is 4.74 Å². The maximum Gasteiger partial charge on any atom is 0.321 e. The van der Waals surface area contributed by atoms with Crippen LogP contribution in [-0.2, 0) is 14.3 Å². The van der Waals surface area contributed by atoms with Crippen LogP contribution in [0, 0.1) is 0 Å². The first-order valence-electron chi connectivity index (χ1n) is 6.80. The van der Waals surface area contributed by atoms with Crippen LogP contribution in [0.3, 0.4) is 0 Å². The molecule has 0 bridgehead atoms. The van der Waals surface area contributed by atoms with Gasteiger partial charge in [0.2, 0.25) is 11.8 Å². The van der Waals surface area contributed by atoms with Gasteiger partial charge >= 0.3 is 6.03 Å². The van der Waals surface area contributed by atoms with Gasteiger partial charge in [0, 0.05) is 45.1 Å². The van der Waals surface area contributed by atoms with E-state index in [0.29, 0.717) is 6.54 Å². The lowest BCUT2D eigenvalue weighted by molar-refractivity contribution is -0.123. The summed E-state index contributed by atoms with van der Waals surface area (Å²) < 4.78 is 5.24. The van der Waals surface area contributed by atoms with Gasteiger partial charge in [-0.15, -0.1) is 0 Å². The molecular weight excluding hydrogens is 264 g/mol. The second-order valence-electron chi connectivity index (χ2n) is 4.93. The van der Waals surface area contributed by atoms with E-state index in [9.17, 15) is 14.4 Å². The van der Waals surface area contributed by atoms with Gasteiger partial charge in [-0.2, -0.15) is 0 Å². The third kappa shape index (κ3) is 4.78. The summed E-state index contributed by atoms with van der Waals surface area (Å²) in [5.74, 6) is -0.502. The molecule has 3 N–H and O–H groups in total. The van der Waals surface area contributed by atoms with Gasteiger partial charge in [0.15, 0.2) is 0 Å². The molecule has 0 spiro atoms. The molecule has 2 fully saturated rings. The Morgan fingerprint density at radius 1 is 1.35 bits per heavy atom. The number of nitrogens with one attached hydrogen (secondary N) is 3. The number of amides is 4. The quantitative estimate of drug-likeness (QED) is 0.566. The number of rotatable bonds is 5. The molecule has 4 amide bonds. The molecule has 0 aromatic heterocycles. The first kappa shape index (κ1) is 14.7. The predicted molar refractivity (Wildman–Crippen MR) is 70.0 cm³/mol. The van der Waals surface area contributed by atoms with Crippen molar-refractivity contribution >= 4 is 17.8 Å². The van der Waals surface area contributed by atoms with Gasteiger partial charge in [-0.05, 0) is 0 Å². The summed E-state index contributed by atoms with van der Waals surface area (Å²) >= 11 is 0. The van der Waals surface area contributed by atoms with Crippen molar-refractivity contribution in [2.24, 2.45) is 0 Å². The Kier molecular flexibility index (Phi) is 5.31. The molecule has 0 aliphatic carbocycles. The van der Waals surface area contributed by atoms with Crippen molar-refractivity contribution in [2.75, 3.05) is 39.4 Å². The number of hydrogen-bond donors (Lipinski definition) is 3. The SMILES string of the molecule is O=C(CC1CC(=O)NC(=O)N1)NCCN1CCOCC1. The first-order valence-corrected chi connectivity index (χ1v) is 6.80. The molecule has 0 aromatic rings. The molecule has 8 heteroatoms. The van der Waals surface area contributed by atoms with Gasteiger partial charge in [-0.3, -0.25) is 19.8 Å². The fourth-order valence-electron chi connectivity index (χ4n) is 2.27. The summed E-state index contributed by atoms with van der Waals surface area (Å²) in [6.07, 6.45) is 0.269. The summed E-state index contributed by atoms with van der Waals surface area (Å²) in [7, 11) is 0. The second kappa shape index (κ2) is 7.20. The summed E-state index contributed by atoms with van der Waals surface area (Å²) in [5, 5.41) is 7.49. The summed E-state index contributed by atoms with van der Waals surface area (Å²) in [6.45, 7) is 4.58. The van der Waals surface area contributed by atoms with E-state index < -0.39 is 12.1 Å². The Morgan fingerprint density at radius 3 is 2.80 bits per heavy atom. The third-order valence-electron chi connectivity index (χ3n) is 3.31. The number of hydrogen-bond acceptors (Lipinski definition) is 5. The van der Waals surface area contributed by atoms with Gasteiger partial charge in [0.05, 0.1) is 13.2 Å². The lowest BCUT2D eigenvalue weighted by Crippen LogP contribution is -2.53. The maximum atomic E-state index is 11.7. The standard InChI is InChI=1S/C12H20N4O4/c17-10(7-9-8-11(18)15-12(19)14-9)13-1-2-16-3-5-20-6-4-16/h9H,1-8H2,(H,13,17)(H2,14,15,18,19). The monoisotopic (exact) mass is 284 g/mol. The highest BCUT2D eigenvalue weighted by Crippen LogP contribution is 2.02. The van der Waals surface area contributed by atoms with E-state index in [-0.39, 0.29) is 24.7 Å². The number of carbonyl (C=O) groups is 3. The summed E-state index contributed by atoms with van der Waals surface area (Å²) in [6, 6.07) is -0.952. The molecule has 0 saturated carbocycles. The van der Waals surface area contributed by atoms with Gasteiger partial charge in [-0.1, -0.05) is 0 Å². The fourth-order valence-corrected chi connectivity index (χ4v) is 2.27. The van der Waals surface area contributed by atoms with E-state index in [1.807, 2.05) is 0 Å². The zero-order valence-corrected chi connectivity index (χ0v) is 11.3. The lowest BCUT2D eigenvalue weighted by atomic mass is 10.1.